The first-order valence-corrected chi connectivity index (χ1v) is 9.43. The van der Waals surface area contributed by atoms with E-state index < -0.39 is 16.0 Å². The van der Waals surface area contributed by atoms with Gasteiger partial charge in [-0.3, -0.25) is 4.79 Å². The van der Waals surface area contributed by atoms with Crippen LogP contribution in [0.2, 0.25) is 0 Å². The zero-order valence-electron chi connectivity index (χ0n) is 14.1. The third-order valence-corrected chi connectivity index (χ3v) is 4.33. The summed E-state index contributed by atoms with van der Waals surface area (Å²) in [4.78, 5) is 10.8. The van der Waals surface area contributed by atoms with Gasteiger partial charge in [0.25, 0.3) is 16.0 Å². The molecule has 0 atom stereocenters. The van der Waals surface area contributed by atoms with Crippen molar-refractivity contribution in [1.82, 2.24) is 5.48 Å². The van der Waals surface area contributed by atoms with E-state index in [4.69, 9.17) is 0 Å². The molecule has 5 nitrogen and oxygen atoms in total. The van der Waals surface area contributed by atoms with Crippen LogP contribution < -0.4 is 5.48 Å². The number of hydrogen-bond acceptors (Lipinski definition) is 4. The average molecular weight is 342 g/mol. The summed E-state index contributed by atoms with van der Waals surface area (Å²) < 4.78 is 27.2. The number of carbonyl (C=O) groups excluding carboxylic acids is 1. The minimum absolute atomic E-state index is 0. The van der Waals surface area contributed by atoms with E-state index in [1.165, 1.54) is 38.5 Å². The minimum Gasteiger partial charge on any atom is -0.268 e. The Bertz CT molecular complexity index is 385. The second-order valence-electron chi connectivity index (χ2n) is 5.20. The first-order chi connectivity index (χ1) is 10.0. The van der Waals surface area contributed by atoms with Gasteiger partial charge in [0.15, 0.2) is 0 Å². The number of rotatable bonds is 14. The van der Waals surface area contributed by atoms with Gasteiger partial charge in [-0.05, 0) is 12.5 Å². The topological polar surface area (TPSA) is 72.5 Å². The van der Waals surface area contributed by atoms with Gasteiger partial charge in [0.2, 0.25) is 0 Å². The maximum atomic E-state index is 11.4. The summed E-state index contributed by atoms with van der Waals surface area (Å²) in [5.74, 6) is -0.734. The van der Waals surface area contributed by atoms with Crippen molar-refractivity contribution < 1.29 is 17.5 Å². The third-order valence-electron chi connectivity index (χ3n) is 3.20. The number of amides is 1. The number of unbranched alkanes of at least 4 members (excludes halogenated alkanes) is 9. The van der Waals surface area contributed by atoms with Crippen LogP contribution in [0, 0.1) is 0 Å². The molecule has 0 bridgehead atoms. The van der Waals surface area contributed by atoms with Crippen molar-refractivity contribution in [2.24, 2.45) is 0 Å². The smallest absolute Gasteiger partial charge is 0.268 e. The molecular formula is C15H29NNaO4S. The number of hydroxylamine groups is 1. The Labute approximate surface area is 157 Å². The predicted octanol–water partition coefficient (Wildman–Crippen LogP) is 3.09. The summed E-state index contributed by atoms with van der Waals surface area (Å²) >= 11 is 0. The monoisotopic (exact) mass is 342 g/mol. The molecule has 22 heavy (non-hydrogen) atoms. The van der Waals surface area contributed by atoms with E-state index >= 15 is 0 Å². The van der Waals surface area contributed by atoms with E-state index in [-0.39, 0.29) is 35.3 Å². The molecule has 0 fully saturated rings. The molecule has 0 aliphatic carbocycles. The van der Waals surface area contributed by atoms with Gasteiger partial charge in [-0.2, -0.15) is 8.42 Å². The van der Waals surface area contributed by atoms with Gasteiger partial charge in [0.05, 0.1) is 5.75 Å². The second-order valence-corrected chi connectivity index (χ2v) is 6.89. The van der Waals surface area contributed by atoms with Gasteiger partial charge in [0, 0.05) is 29.6 Å². The predicted molar refractivity (Wildman–Crippen MR) is 90.8 cm³/mol. The standard InChI is InChI=1S/C15H29NO4S.Na/c1-3-5-6-7-8-9-10-11-12-13-14-21(18,19)20-16-15(17)4-2;/h4H,2-3,5-14H2,1H3,(H,16,17);. The first kappa shape index (κ1) is 24.4. The van der Waals surface area contributed by atoms with Crippen LogP contribution >= 0.6 is 0 Å². The number of carbonyl (C=O) groups is 1. The van der Waals surface area contributed by atoms with Crippen molar-refractivity contribution >= 4 is 45.6 Å². The molecule has 0 rings (SSSR count). The normalized spacial score (nSPS) is 10.8. The summed E-state index contributed by atoms with van der Waals surface area (Å²) in [6.07, 6.45) is 12.3. The largest absolute Gasteiger partial charge is 0.287 e. The molecule has 0 aromatic heterocycles. The number of hydrogen-bond donors (Lipinski definition) is 1. The van der Waals surface area contributed by atoms with Gasteiger partial charge in [-0.25, -0.2) is 5.48 Å². The molecule has 0 unspecified atom stereocenters. The fraction of sp³-hybridized carbons (Fsp3) is 0.800. The van der Waals surface area contributed by atoms with Gasteiger partial charge in [0.1, 0.15) is 0 Å². The van der Waals surface area contributed by atoms with Gasteiger partial charge >= 0.3 is 0 Å². The summed E-state index contributed by atoms with van der Waals surface area (Å²) in [6.45, 7) is 5.41. The first-order valence-electron chi connectivity index (χ1n) is 7.85. The Hall–Kier alpha value is 0.120. The molecule has 1 radical (unpaired) electrons. The van der Waals surface area contributed by atoms with Gasteiger partial charge in [-0.1, -0.05) is 71.3 Å². The van der Waals surface area contributed by atoms with Crippen LogP contribution in [0.5, 0.6) is 0 Å². The van der Waals surface area contributed by atoms with Crippen LogP contribution in [-0.4, -0.2) is 49.6 Å². The molecule has 7 heteroatoms. The van der Waals surface area contributed by atoms with Crippen molar-refractivity contribution in [3.63, 3.8) is 0 Å². The minimum atomic E-state index is -3.67. The van der Waals surface area contributed by atoms with E-state index in [0.29, 0.717) is 6.42 Å². The SMILES string of the molecule is C=CC(=O)NOS(=O)(=O)CCCCCCCCCCCC.[Na]. The Morgan fingerprint density at radius 2 is 1.45 bits per heavy atom. The zero-order valence-corrected chi connectivity index (χ0v) is 16.9. The fourth-order valence-electron chi connectivity index (χ4n) is 1.95. The molecule has 0 saturated heterocycles. The molecule has 0 heterocycles. The van der Waals surface area contributed by atoms with Crippen LogP contribution in [0.25, 0.3) is 0 Å². The summed E-state index contributed by atoms with van der Waals surface area (Å²) in [5, 5.41) is 0. The molecule has 0 aromatic rings. The fourth-order valence-corrected chi connectivity index (χ4v) is 2.80. The zero-order chi connectivity index (χ0) is 16.0. The maximum Gasteiger partial charge on any atom is 0.287 e. The van der Waals surface area contributed by atoms with E-state index in [0.717, 1.165) is 25.3 Å². The van der Waals surface area contributed by atoms with E-state index in [9.17, 15) is 13.2 Å². The number of nitrogens with one attached hydrogen (secondary N) is 1. The Morgan fingerprint density at radius 1 is 1.00 bits per heavy atom. The van der Waals surface area contributed by atoms with Crippen LogP contribution in [0.4, 0.5) is 0 Å². The van der Waals surface area contributed by atoms with Crippen molar-refractivity contribution in [1.29, 1.82) is 0 Å². The van der Waals surface area contributed by atoms with Crippen LogP contribution in [0.1, 0.15) is 71.1 Å². The van der Waals surface area contributed by atoms with E-state index in [2.05, 4.69) is 17.8 Å². The second kappa shape index (κ2) is 16.0. The Kier molecular flexibility index (Phi) is 17.7. The van der Waals surface area contributed by atoms with E-state index in [1.54, 1.807) is 0 Å². The van der Waals surface area contributed by atoms with Crippen LogP contribution in [-0.2, 0) is 19.2 Å². The van der Waals surface area contributed by atoms with Crippen molar-refractivity contribution in [3.05, 3.63) is 12.7 Å². The van der Waals surface area contributed by atoms with Crippen LogP contribution in [0.3, 0.4) is 0 Å². The summed E-state index contributed by atoms with van der Waals surface area (Å²) in [6, 6.07) is 0. The maximum absolute atomic E-state index is 11.4. The van der Waals surface area contributed by atoms with Gasteiger partial charge in [-0.15, -0.1) is 4.28 Å². The van der Waals surface area contributed by atoms with Gasteiger partial charge < -0.3 is 0 Å². The van der Waals surface area contributed by atoms with Crippen molar-refractivity contribution in [2.75, 3.05) is 5.75 Å². The van der Waals surface area contributed by atoms with Crippen molar-refractivity contribution in [2.45, 2.75) is 71.1 Å². The molecular weight excluding hydrogens is 313 g/mol. The molecule has 0 aromatic carbocycles. The average Bonchev–Trinajstić information content (AvgIpc) is 2.46. The molecule has 125 valence electrons. The molecule has 1 amide bonds. The molecule has 0 aliphatic rings. The molecule has 0 spiro atoms. The molecule has 0 aliphatic heterocycles. The Balaban J connectivity index is 0. The van der Waals surface area contributed by atoms with Crippen LogP contribution in [0.15, 0.2) is 12.7 Å². The summed E-state index contributed by atoms with van der Waals surface area (Å²) in [7, 11) is -3.67. The third kappa shape index (κ3) is 16.5. The van der Waals surface area contributed by atoms with Crippen molar-refractivity contribution in [3.8, 4) is 0 Å². The quantitative estimate of drug-likeness (QED) is 0.228. The van der Waals surface area contributed by atoms with E-state index in [1.807, 2.05) is 5.48 Å². The Morgan fingerprint density at radius 3 is 1.91 bits per heavy atom. The molecule has 0 saturated carbocycles. The summed E-state index contributed by atoms with van der Waals surface area (Å²) in [5.41, 5.74) is 1.81. The molecule has 1 N–H and O–H groups in total.